The lowest BCUT2D eigenvalue weighted by Gasteiger charge is -2.33. The van der Waals surface area contributed by atoms with Crippen molar-refractivity contribution in [3.63, 3.8) is 0 Å². The van der Waals surface area contributed by atoms with Crippen molar-refractivity contribution in [3.05, 3.63) is 35.4 Å². The summed E-state index contributed by atoms with van der Waals surface area (Å²) in [6, 6.07) is 3.55. The normalized spacial score (nSPS) is 23.9. The van der Waals surface area contributed by atoms with Crippen LogP contribution in [0.5, 0.6) is 0 Å². The van der Waals surface area contributed by atoms with E-state index in [4.69, 9.17) is 0 Å². The number of halogens is 3. The van der Waals surface area contributed by atoms with Crippen molar-refractivity contribution in [3.8, 4) is 0 Å². The lowest BCUT2D eigenvalue weighted by molar-refractivity contribution is -0.123. The van der Waals surface area contributed by atoms with E-state index < -0.39 is 5.82 Å². The highest BCUT2D eigenvalue weighted by Gasteiger charge is 2.25. The molecule has 0 saturated carbocycles. The molecule has 140 valence electrons. The van der Waals surface area contributed by atoms with Crippen LogP contribution in [0, 0.1) is 17.6 Å². The monoisotopic (exact) mass is 373 g/mol. The molecule has 1 aromatic rings. The van der Waals surface area contributed by atoms with Gasteiger partial charge in [-0.2, -0.15) is 0 Å². The standard InChI is InChI=1S/C18H25F2N3O.ClH/c19-15-5-6-16(20)14(9-15)12-23-8-2-3-13(11-23)10-22-18(24)17-4-1-7-21-17;/h5-6,9,13,17,21H,1-4,7-8,10-12H2,(H,22,24);1H. The Morgan fingerprint density at radius 1 is 1.28 bits per heavy atom. The van der Waals surface area contributed by atoms with Crippen molar-refractivity contribution < 1.29 is 13.6 Å². The first kappa shape index (κ1) is 20.1. The van der Waals surface area contributed by atoms with Crippen LogP contribution in [0.1, 0.15) is 31.2 Å². The Morgan fingerprint density at radius 3 is 2.88 bits per heavy atom. The summed E-state index contributed by atoms with van der Waals surface area (Å²) >= 11 is 0. The van der Waals surface area contributed by atoms with Gasteiger partial charge in [-0.1, -0.05) is 0 Å². The second-order valence-corrected chi connectivity index (χ2v) is 6.87. The largest absolute Gasteiger partial charge is 0.354 e. The molecule has 0 radical (unpaired) electrons. The maximum atomic E-state index is 13.8. The molecule has 4 nitrogen and oxygen atoms in total. The minimum Gasteiger partial charge on any atom is -0.354 e. The number of nitrogens with zero attached hydrogens (tertiary/aromatic N) is 1. The van der Waals surface area contributed by atoms with Crippen LogP contribution in [-0.4, -0.2) is 43.0 Å². The van der Waals surface area contributed by atoms with Gasteiger partial charge in [0.1, 0.15) is 11.6 Å². The van der Waals surface area contributed by atoms with Crippen molar-refractivity contribution in [1.29, 1.82) is 0 Å². The topological polar surface area (TPSA) is 44.4 Å². The molecule has 2 saturated heterocycles. The summed E-state index contributed by atoms with van der Waals surface area (Å²) in [5.41, 5.74) is 0.398. The van der Waals surface area contributed by atoms with Gasteiger partial charge in [0.05, 0.1) is 6.04 Å². The fourth-order valence-corrected chi connectivity index (χ4v) is 3.64. The van der Waals surface area contributed by atoms with Gasteiger partial charge in [-0.05, 0) is 62.9 Å². The van der Waals surface area contributed by atoms with Crippen molar-refractivity contribution >= 4 is 18.3 Å². The number of rotatable bonds is 5. The Hall–Kier alpha value is -1.24. The van der Waals surface area contributed by atoms with E-state index in [0.717, 1.165) is 51.4 Å². The number of carbonyl (C=O) groups excluding carboxylic acids is 1. The van der Waals surface area contributed by atoms with Crippen LogP contribution in [0.2, 0.25) is 0 Å². The lowest BCUT2D eigenvalue weighted by atomic mass is 9.97. The van der Waals surface area contributed by atoms with Crippen LogP contribution in [-0.2, 0) is 11.3 Å². The Labute approximate surface area is 153 Å². The molecular weight excluding hydrogens is 348 g/mol. The molecule has 1 aromatic carbocycles. The van der Waals surface area contributed by atoms with E-state index in [0.29, 0.717) is 24.6 Å². The summed E-state index contributed by atoms with van der Waals surface area (Å²) in [5, 5.41) is 6.23. The average Bonchev–Trinajstić information content (AvgIpc) is 3.11. The average molecular weight is 374 g/mol. The Morgan fingerprint density at radius 2 is 2.12 bits per heavy atom. The van der Waals surface area contributed by atoms with Gasteiger partial charge >= 0.3 is 0 Å². The molecule has 2 unspecified atom stereocenters. The molecular formula is C18H26ClF2N3O. The highest BCUT2D eigenvalue weighted by Crippen LogP contribution is 2.20. The van der Waals surface area contributed by atoms with Gasteiger partial charge in [0.25, 0.3) is 0 Å². The van der Waals surface area contributed by atoms with Crippen molar-refractivity contribution in [2.45, 2.75) is 38.3 Å². The molecule has 7 heteroatoms. The van der Waals surface area contributed by atoms with Crippen LogP contribution in [0.15, 0.2) is 18.2 Å². The maximum absolute atomic E-state index is 13.8. The zero-order valence-electron chi connectivity index (χ0n) is 14.3. The summed E-state index contributed by atoms with van der Waals surface area (Å²) in [7, 11) is 0. The summed E-state index contributed by atoms with van der Waals surface area (Å²) in [5.74, 6) is -0.322. The van der Waals surface area contributed by atoms with Gasteiger partial charge in [0.2, 0.25) is 5.91 Å². The minimum atomic E-state index is -0.406. The Kier molecular flexibility index (Phi) is 7.59. The van der Waals surface area contributed by atoms with E-state index in [1.54, 1.807) is 0 Å². The number of benzene rings is 1. The summed E-state index contributed by atoms with van der Waals surface area (Å²) in [4.78, 5) is 14.2. The number of hydrogen-bond donors (Lipinski definition) is 2. The van der Waals surface area contributed by atoms with Crippen LogP contribution in [0.4, 0.5) is 8.78 Å². The predicted molar refractivity (Wildman–Crippen MR) is 95.6 cm³/mol. The van der Waals surface area contributed by atoms with Crippen LogP contribution in [0.25, 0.3) is 0 Å². The fourth-order valence-electron chi connectivity index (χ4n) is 3.64. The van der Waals surface area contributed by atoms with Gasteiger partial charge in [0.15, 0.2) is 0 Å². The number of piperidine rings is 1. The molecule has 0 aliphatic carbocycles. The second-order valence-electron chi connectivity index (χ2n) is 6.87. The van der Waals surface area contributed by atoms with Gasteiger partial charge in [0, 0.05) is 25.2 Å². The molecule has 2 atom stereocenters. The van der Waals surface area contributed by atoms with Gasteiger partial charge in [-0.25, -0.2) is 8.78 Å². The summed E-state index contributed by atoms with van der Waals surface area (Å²) < 4.78 is 27.1. The van der Waals surface area contributed by atoms with Crippen LogP contribution < -0.4 is 10.6 Å². The molecule has 0 bridgehead atoms. The van der Waals surface area contributed by atoms with Gasteiger partial charge in [-0.15, -0.1) is 12.4 Å². The van der Waals surface area contributed by atoms with E-state index in [2.05, 4.69) is 15.5 Å². The van der Waals surface area contributed by atoms with Crippen molar-refractivity contribution in [2.24, 2.45) is 5.92 Å². The molecule has 2 fully saturated rings. The molecule has 1 amide bonds. The van der Waals surface area contributed by atoms with E-state index in [9.17, 15) is 13.6 Å². The predicted octanol–water partition coefficient (Wildman–Crippen LogP) is 2.47. The minimum absolute atomic E-state index is 0. The first-order chi connectivity index (χ1) is 11.6. The lowest BCUT2D eigenvalue weighted by Crippen LogP contribution is -2.45. The molecule has 0 spiro atoms. The molecule has 0 aromatic heterocycles. The van der Waals surface area contributed by atoms with Gasteiger partial charge in [-0.3, -0.25) is 9.69 Å². The van der Waals surface area contributed by atoms with E-state index in [-0.39, 0.29) is 30.2 Å². The third-order valence-electron chi connectivity index (χ3n) is 4.95. The molecule has 2 aliphatic rings. The third kappa shape index (κ3) is 5.62. The summed E-state index contributed by atoms with van der Waals surface area (Å²) in [6.07, 6.45) is 4.02. The molecule has 2 aliphatic heterocycles. The Bertz CT molecular complexity index is 581. The van der Waals surface area contributed by atoms with E-state index >= 15 is 0 Å². The number of likely N-dealkylation sites (tertiary alicyclic amines) is 1. The van der Waals surface area contributed by atoms with E-state index in [1.165, 1.54) is 12.1 Å². The zero-order chi connectivity index (χ0) is 16.9. The quantitative estimate of drug-likeness (QED) is 0.833. The van der Waals surface area contributed by atoms with Crippen molar-refractivity contribution in [1.82, 2.24) is 15.5 Å². The second kappa shape index (κ2) is 9.46. The molecule has 3 rings (SSSR count). The van der Waals surface area contributed by atoms with Crippen molar-refractivity contribution in [2.75, 3.05) is 26.2 Å². The molecule has 2 heterocycles. The van der Waals surface area contributed by atoms with Crippen LogP contribution in [0.3, 0.4) is 0 Å². The number of nitrogens with one attached hydrogen (secondary N) is 2. The number of carbonyl (C=O) groups is 1. The first-order valence-electron chi connectivity index (χ1n) is 8.79. The summed E-state index contributed by atoms with van der Waals surface area (Å²) in [6.45, 7) is 3.66. The Balaban J connectivity index is 0.00000225. The molecule has 2 N–H and O–H groups in total. The highest BCUT2D eigenvalue weighted by molar-refractivity contribution is 5.85. The van der Waals surface area contributed by atoms with Crippen LogP contribution >= 0.6 is 12.4 Å². The smallest absolute Gasteiger partial charge is 0.237 e. The SMILES string of the molecule is Cl.O=C(NCC1CCCN(Cc2cc(F)ccc2F)C1)C1CCCN1. The highest BCUT2D eigenvalue weighted by atomic mass is 35.5. The maximum Gasteiger partial charge on any atom is 0.237 e. The fraction of sp³-hybridized carbons (Fsp3) is 0.611. The first-order valence-corrected chi connectivity index (χ1v) is 8.79. The van der Waals surface area contributed by atoms with E-state index in [1.807, 2.05) is 0 Å². The number of amides is 1. The third-order valence-corrected chi connectivity index (χ3v) is 4.95. The zero-order valence-corrected chi connectivity index (χ0v) is 15.1. The van der Waals surface area contributed by atoms with Gasteiger partial charge < -0.3 is 10.6 Å². The number of hydrogen-bond acceptors (Lipinski definition) is 3. The molecule has 25 heavy (non-hydrogen) atoms.